The van der Waals surface area contributed by atoms with E-state index in [0.717, 1.165) is 30.4 Å². The van der Waals surface area contributed by atoms with Crippen molar-refractivity contribution >= 4 is 10.1 Å². The van der Waals surface area contributed by atoms with Gasteiger partial charge in [0.2, 0.25) is 0 Å². The first kappa shape index (κ1) is 12.3. The summed E-state index contributed by atoms with van der Waals surface area (Å²) in [6, 6.07) is 6.69. The maximum atomic E-state index is 11.9. The summed E-state index contributed by atoms with van der Waals surface area (Å²) in [4.78, 5) is 0.224. The largest absolute Gasteiger partial charge is 0.297 e. The van der Waals surface area contributed by atoms with Crippen LogP contribution in [-0.2, 0) is 14.3 Å². The van der Waals surface area contributed by atoms with E-state index in [-0.39, 0.29) is 11.5 Å². The first-order chi connectivity index (χ1) is 8.08. The molecule has 0 bridgehead atoms. The summed E-state index contributed by atoms with van der Waals surface area (Å²) in [6.07, 6.45) is 5.14. The zero-order valence-electron chi connectivity index (χ0n) is 9.85. The molecule has 92 valence electrons. The fraction of sp³-hybridized carbons (Fsp3) is 0.385. The molecule has 0 aliphatic heterocycles. The first-order valence-electron chi connectivity index (χ1n) is 5.72. The maximum absolute atomic E-state index is 11.9. The van der Waals surface area contributed by atoms with Crippen LogP contribution in [0.1, 0.15) is 24.8 Å². The lowest BCUT2D eigenvalue weighted by molar-refractivity contribution is 0.345. The Kier molecular flexibility index (Phi) is 3.64. The Hall–Kier alpha value is -1.13. The molecule has 1 aromatic rings. The monoisotopic (exact) mass is 252 g/mol. The molecular weight excluding hydrogens is 236 g/mol. The van der Waals surface area contributed by atoms with Crippen molar-refractivity contribution in [1.29, 1.82) is 0 Å². The first-order valence-corrected chi connectivity index (χ1v) is 7.13. The highest BCUT2D eigenvalue weighted by molar-refractivity contribution is 7.86. The van der Waals surface area contributed by atoms with Gasteiger partial charge in [-0.25, -0.2) is 0 Å². The number of hydrogen-bond acceptors (Lipinski definition) is 3. The van der Waals surface area contributed by atoms with Crippen molar-refractivity contribution in [2.24, 2.45) is 0 Å². The van der Waals surface area contributed by atoms with E-state index in [9.17, 15) is 8.42 Å². The van der Waals surface area contributed by atoms with Crippen molar-refractivity contribution in [1.82, 2.24) is 0 Å². The molecular formula is C13H16O3S. The Morgan fingerprint density at radius 2 is 1.94 bits per heavy atom. The molecule has 2 rings (SSSR count). The normalized spacial score (nSPS) is 15.9. The van der Waals surface area contributed by atoms with E-state index in [1.807, 2.05) is 6.92 Å². The highest BCUT2D eigenvalue weighted by atomic mass is 32.2. The van der Waals surface area contributed by atoms with Crippen LogP contribution in [0.4, 0.5) is 0 Å². The van der Waals surface area contributed by atoms with Gasteiger partial charge >= 0.3 is 0 Å². The van der Waals surface area contributed by atoms with Gasteiger partial charge in [0.25, 0.3) is 10.1 Å². The second-order valence-corrected chi connectivity index (χ2v) is 5.90. The Morgan fingerprint density at radius 3 is 2.53 bits per heavy atom. The molecule has 0 atom stereocenters. The third kappa shape index (κ3) is 3.17. The molecule has 1 aromatic carbocycles. The second kappa shape index (κ2) is 5.02. The van der Waals surface area contributed by atoms with Gasteiger partial charge in [0.1, 0.15) is 0 Å². The van der Waals surface area contributed by atoms with E-state index < -0.39 is 10.1 Å². The van der Waals surface area contributed by atoms with E-state index in [0.29, 0.717) is 0 Å². The molecule has 0 amide bonds. The highest BCUT2D eigenvalue weighted by Gasteiger charge is 2.16. The lowest BCUT2D eigenvalue weighted by Gasteiger charge is -2.06. The molecule has 0 fully saturated rings. The van der Waals surface area contributed by atoms with Crippen LogP contribution >= 0.6 is 0 Å². The SMILES string of the molecule is Cc1ccc(S(=O)(=O)OCC2=CCCC2)cc1. The minimum Gasteiger partial charge on any atom is -0.262 e. The molecule has 1 aliphatic carbocycles. The Morgan fingerprint density at radius 1 is 1.24 bits per heavy atom. The average Bonchev–Trinajstić information content (AvgIpc) is 2.80. The van der Waals surface area contributed by atoms with Crippen molar-refractivity contribution in [3.05, 3.63) is 41.5 Å². The molecule has 0 spiro atoms. The number of allylic oxidation sites excluding steroid dienone is 1. The summed E-state index contributed by atoms with van der Waals surface area (Å²) in [5, 5.41) is 0. The van der Waals surface area contributed by atoms with Crippen molar-refractivity contribution in [2.75, 3.05) is 6.61 Å². The van der Waals surface area contributed by atoms with Gasteiger partial charge in [0.15, 0.2) is 0 Å². The number of hydrogen-bond donors (Lipinski definition) is 0. The molecule has 0 radical (unpaired) electrons. The number of aryl methyl sites for hydroxylation is 1. The van der Waals surface area contributed by atoms with Crippen LogP contribution in [0.15, 0.2) is 40.8 Å². The predicted octanol–water partition coefficient (Wildman–Crippen LogP) is 2.81. The molecule has 0 aromatic heterocycles. The van der Waals surface area contributed by atoms with Gasteiger partial charge in [0.05, 0.1) is 11.5 Å². The number of benzene rings is 1. The fourth-order valence-corrected chi connectivity index (χ4v) is 2.71. The molecule has 0 heterocycles. The van der Waals surface area contributed by atoms with Crippen LogP contribution in [0.5, 0.6) is 0 Å². The third-order valence-corrected chi connectivity index (χ3v) is 4.12. The smallest absolute Gasteiger partial charge is 0.262 e. The van der Waals surface area contributed by atoms with Crippen LogP contribution in [-0.4, -0.2) is 15.0 Å². The van der Waals surface area contributed by atoms with Gasteiger partial charge in [-0.3, -0.25) is 4.18 Å². The third-order valence-electron chi connectivity index (χ3n) is 2.84. The van der Waals surface area contributed by atoms with Crippen molar-refractivity contribution in [3.8, 4) is 0 Å². The molecule has 4 heteroatoms. The average molecular weight is 252 g/mol. The summed E-state index contributed by atoms with van der Waals surface area (Å²) < 4.78 is 28.7. The molecule has 17 heavy (non-hydrogen) atoms. The molecule has 0 unspecified atom stereocenters. The fourth-order valence-electron chi connectivity index (χ4n) is 1.79. The van der Waals surface area contributed by atoms with Gasteiger partial charge in [-0.05, 0) is 43.9 Å². The van der Waals surface area contributed by atoms with Crippen LogP contribution in [0.3, 0.4) is 0 Å². The lowest BCUT2D eigenvalue weighted by atomic mass is 10.2. The van der Waals surface area contributed by atoms with Gasteiger partial charge in [0, 0.05) is 0 Å². The van der Waals surface area contributed by atoms with Crippen molar-refractivity contribution < 1.29 is 12.6 Å². The quantitative estimate of drug-likeness (QED) is 0.611. The van der Waals surface area contributed by atoms with E-state index >= 15 is 0 Å². The van der Waals surface area contributed by atoms with Crippen LogP contribution < -0.4 is 0 Å². The molecule has 3 nitrogen and oxygen atoms in total. The number of rotatable bonds is 4. The zero-order chi connectivity index (χ0) is 12.3. The zero-order valence-corrected chi connectivity index (χ0v) is 10.7. The minimum atomic E-state index is -3.61. The maximum Gasteiger partial charge on any atom is 0.297 e. The van der Waals surface area contributed by atoms with Crippen molar-refractivity contribution in [3.63, 3.8) is 0 Å². The van der Waals surface area contributed by atoms with Crippen LogP contribution in [0.25, 0.3) is 0 Å². The highest BCUT2D eigenvalue weighted by Crippen LogP contribution is 2.20. The topological polar surface area (TPSA) is 43.4 Å². The molecule has 0 N–H and O–H groups in total. The van der Waals surface area contributed by atoms with E-state index in [1.54, 1.807) is 24.3 Å². The van der Waals surface area contributed by atoms with Gasteiger partial charge in [-0.1, -0.05) is 23.8 Å². The molecule has 0 saturated heterocycles. The van der Waals surface area contributed by atoms with E-state index in [4.69, 9.17) is 4.18 Å². The van der Waals surface area contributed by atoms with Crippen molar-refractivity contribution in [2.45, 2.75) is 31.1 Å². The Labute approximate surface area is 102 Å². The lowest BCUT2D eigenvalue weighted by Crippen LogP contribution is -2.08. The van der Waals surface area contributed by atoms with Crippen LogP contribution in [0.2, 0.25) is 0 Å². The van der Waals surface area contributed by atoms with E-state index in [2.05, 4.69) is 6.08 Å². The summed E-state index contributed by atoms with van der Waals surface area (Å²) in [7, 11) is -3.61. The summed E-state index contributed by atoms with van der Waals surface area (Å²) in [6.45, 7) is 2.11. The van der Waals surface area contributed by atoms with Gasteiger partial charge < -0.3 is 0 Å². The standard InChI is InChI=1S/C13H16O3S/c1-11-6-8-13(9-7-11)17(14,15)16-10-12-4-2-3-5-12/h4,6-9H,2-3,5,10H2,1H3. The Balaban J connectivity index is 2.05. The minimum absolute atomic E-state index is 0.191. The van der Waals surface area contributed by atoms with Crippen LogP contribution in [0, 0.1) is 6.92 Å². The molecule has 0 saturated carbocycles. The second-order valence-electron chi connectivity index (χ2n) is 4.28. The van der Waals surface area contributed by atoms with Gasteiger partial charge in [-0.15, -0.1) is 0 Å². The van der Waals surface area contributed by atoms with Gasteiger partial charge in [-0.2, -0.15) is 8.42 Å². The van der Waals surface area contributed by atoms with E-state index in [1.165, 1.54) is 0 Å². The predicted molar refractivity (Wildman–Crippen MR) is 66.3 cm³/mol. The summed E-state index contributed by atoms with van der Waals surface area (Å²) >= 11 is 0. The summed E-state index contributed by atoms with van der Waals surface area (Å²) in [5.74, 6) is 0. The molecule has 1 aliphatic rings. The Bertz CT molecular complexity index is 512. The summed E-state index contributed by atoms with van der Waals surface area (Å²) in [5.41, 5.74) is 2.11.